The fraction of sp³-hybridized carbons (Fsp3) is 0.462. The van der Waals surface area contributed by atoms with Crippen molar-refractivity contribution in [1.82, 2.24) is 19.9 Å². The third-order valence-electron chi connectivity index (χ3n) is 6.80. The Morgan fingerprint density at radius 3 is 2.79 bits per heavy atom. The van der Waals surface area contributed by atoms with Gasteiger partial charge < -0.3 is 19.8 Å². The molecule has 1 aliphatic rings. The number of aliphatic carboxylic acids is 1. The number of aliphatic hydroxyl groups is 1. The number of likely N-dealkylation sites (tertiary alicyclic amines) is 1. The number of methoxy groups -OCH3 is 1. The summed E-state index contributed by atoms with van der Waals surface area (Å²) >= 11 is 0. The fourth-order valence-electron chi connectivity index (χ4n) is 4.91. The zero-order chi connectivity index (χ0) is 23.9. The molecule has 2 aromatic heterocycles. The summed E-state index contributed by atoms with van der Waals surface area (Å²) in [6, 6.07) is 9.25. The van der Waals surface area contributed by atoms with Crippen LogP contribution in [0.5, 0.6) is 5.75 Å². The molecule has 0 bridgehead atoms. The number of ether oxygens (including phenoxy) is 1. The molecule has 1 aromatic carbocycles. The molecule has 4 rings (SSSR count). The first kappa shape index (κ1) is 24.0. The number of aromatic nitrogens is 3. The van der Waals surface area contributed by atoms with Crippen molar-refractivity contribution < 1.29 is 19.7 Å². The van der Waals surface area contributed by atoms with Crippen LogP contribution in [0.25, 0.3) is 10.9 Å². The van der Waals surface area contributed by atoms with Crippen molar-refractivity contribution in [1.29, 1.82) is 0 Å². The van der Waals surface area contributed by atoms with Crippen LogP contribution >= 0.6 is 0 Å². The predicted molar refractivity (Wildman–Crippen MR) is 129 cm³/mol. The number of carboxylic acid groups (broad SMARTS) is 1. The van der Waals surface area contributed by atoms with Gasteiger partial charge in [-0.3, -0.25) is 9.78 Å². The zero-order valence-corrected chi connectivity index (χ0v) is 19.5. The minimum absolute atomic E-state index is 0.0449. The summed E-state index contributed by atoms with van der Waals surface area (Å²) in [6.45, 7) is 2.25. The van der Waals surface area contributed by atoms with Gasteiger partial charge in [0.05, 0.1) is 24.6 Å². The highest BCUT2D eigenvalue weighted by Gasteiger charge is 2.34. The van der Waals surface area contributed by atoms with Gasteiger partial charge in [0.25, 0.3) is 0 Å². The number of pyridine rings is 1. The number of aryl methyl sites for hydroxylation is 1. The fourth-order valence-corrected chi connectivity index (χ4v) is 4.91. The molecule has 3 atom stereocenters. The lowest BCUT2D eigenvalue weighted by Gasteiger charge is -2.37. The van der Waals surface area contributed by atoms with Crippen LogP contribution in [-0.2, 0) is 11.2 Å². The van der Waals surface area contributed by atoms with Gasteiger partial charge in [-0.1, -0.05) is 0 Å². The molecule has 0 saturated carbocycles. The summed E-state index contributed by atoms with van der Waals surface area (Å²) in [4.78, 5) is 27.2. The van der Waals surface area contributed by atoms with Crippen molar-refractivity contribution in [3.63, 3.8) is 0 Å². The summed E-state index contributed by atoms with van der Waals surface area (Å²) in [7, 11) is 1.61. The average molecular weight is 465 g/mol. The number of benzene rings is 1. The van der Waals surface area contributed by atoms with E-state index < -0.39 is 18.0 Å². The quantitative estimate of drug-likeness (QED) is 0.469. The van der Waals surface area contributed by atoms with Gasteiger partial charge in [0, 0.05) is 36.9 Å². The van der Waals surface area contributed by atoms with Crippen LogP contribution in [0.2, 0.25) is 0 Å². The summed E-state index contributed by atoms with van der Waals surface area (Å²) in [5.74, 6) is 0.398. The molecule has 1 aliphatic heterocycles. The van der Waals surface area contributed by atoms with Gasteiger partial charge in [-0.25, -0.2) is 9.97 Å². The van der Waals surface area contributed by atoms with Crippen molar-refractivity contribution in [3.05, 3.63) is 60.3 Å². The monoisotopic (exact) mass is 464 g/mol. The number of carbonyl (C=O) groups is 1. The Morgan fingerprint density at radius 1 is 1.21 bits per heavy atom. The molecule has 1 saturated heterocycles. The number of hydrogen-bond acceptors (Lipinski definition) is 7. The number of aliphatic hydroxyl groups excluding tert-OH is 1. The van der Waals surface area contributed by atoms with Crippen molar-refractivity contribution >= 4 is 16.9 Å². The molecule has 34 heavy (non-hydrogen) atoms. The lowest BCUT2D eigenvalue weighted by Crippen LogP contribution is -2.44. The lowest BCUT2D eigenvalue weighted by molar-refractivity contribution is -0.146. The molecule has 8 heteroatoms. The van der Waals surface area contributed by atoms with Crippen molar-refractivity contribution in [2.45, 2.75) is 38.2 Å². The summed E-state index contributed by atoms with van der Waals surface area (Å²) in [5, 5.41) is 21.7. The molecule has 3 heterocycles. The Kier molecular flexibility index (Phi) is 8.03. The van der Waals surface area contributed by atoms with Gasteiger partial charge in [-0.05, 0) is 80.6 Å². The molecule has 0 amide bonds. The normalized spacial score (nSPS) is 19.7. The van der Waals surface area contributed by atoms with Crippen LogP contribution in [0.15, 0.2) is 48.9 Å². The van der Waals surface area contributed by atoms with Crippen LogP contribution in [0.4, 0.5) is 0 Å². The molecule has 3 aromatic rings. The van der Waals surface area contributed by atoms with E-state index in [9.17, 15) is 15.0 Å². The van der Waals surface area contributed by atoms with E-state index in [1.807, 2.05) is 24.3 Å². The Hall–Kier alpha value is -3.10. The minimum atomic E-state index is -0.755. The SMILES string of the molecule is COc1ccc2nccc(C(O)CC[C@@H]3CCN(CCCc4ncccn4)C[C@@H]3C(=O)O)c2c1. The third kappa shape index (κ3) is 5.87. The van der Waals surface area contributed by atoms with Gasteiger partial charge in [-0.15, -0.1) is 0 Å². The largest absolute Gasteiger partial charge is 0.497 e. The molecule has 180 valence electrons. The number of piperidine rings is 1. The number of fused-ring (bicyclic) bond motifs is 1. The number of rotatable bonds is 10. The van der Waals surface area contributed by atoms with Crippen LogP contribution in [0.3, 0.4) is 0 Å². The van der Waals surface area contributed by atoms with Crippen LogP contribution in [0, 0.1) is 11.8 Å². The molecule has 0 spiro atoms. The third-order valence-corrected chi connectivity index (χ3v) is 6.80. The Labute approximate surface area is 199 Å². The van der Waals surface area contributed by atoms with Gasteiger partial charge in [0.2, 0.25) is 0 Å². The van der Waals surface area contributed by atoms with E-state index in [4.69, 9.17) is 4.74 Å². The lowest BCUT2D eigenvalue weighted by atomic mass is 9.81. The minimum Gasteiger partial charge on any atom is -0.497 e. The standard InChI is InChI=1S/C26H32N4O4/c1-34-19-6-7-23-21(16-19)20(9-13-27-23)24(31)8-5-18-10-15-30(17-22(18)26(32)33)14-2-4-25-28-11-3-12-29-25/h3,6-7,9,11-13,16,18,22,24,31H,2,4-5,8,10,14-15,17H2,1H3,(H,32,33)/t18-,22+,24?/m1/s1. The molecule has 1 fully saturated rings. The number of hydrogen-bond donors (Lipinski definition) is 2. The second-order valence-electron chi connectivity index (χ2n) is 8.94. The van der Waals surface area contributed by atoms with E-state index in [2.05, 4.69) is 19.9 Å². The number of nitrogens with zero attached hydrogens (tertiary/aromatic N) is 4. The van der Waals surface area contributed by atoms with Crippen LogP contribution < -0.4 is 4.74 Å². The Bertz CT molecular complexity index is 1090. The first-order chi connectivity index (χ1) is 16.5. The van der Waals surface area contributed by atoms with Crippen molar-refractivity contribution in [2.24, 2.45) is 11.8 Å². The van der Waals surface area contributed by atoms with Crippen LogP contribution in [0.1, 0.15) is 43.2 Å². The number of carboxylic acids is 1. The molecule has 8 nitrogen and oxygen atoms in total. The molecule has 2 N–H and O–H groups in total. The van der Waals surface area contributed by atoms with Gasteiger partial charge in [-0.2, -0.15) is 0 Å². The van der Waals surface area contributed by atoms with Crippen LogP contribution in [-0.4, -0.2) is 62.8 Å². The van der Waals surface area contributed by atoms with Crippen molar-refractivity contribution in [3.8, 4) is 5.75 Å². The first-order valence-corrected chi connectivity index (χ1v) is 11.9. The van der Waals surface area contributed by atoms with Gasteiger partial charge >= 0.3 is 5.97 Å². The van der Waals surface area contributed by atoms with Crippen molar-refractivity contribution in [2.75, 3.05) is 26.7 Å². The molecule has 0 radical (unpaired) electrons. The predicted octanol–water partition coefficient (Wildman–Crippen LogP) is 3.50. The molecular weight excluding hydrogens is 432 g/mol. The summed E-state index contributed by atoms with van der Waals surface area (Å²) in [5.41, 5.74) is 1.60. The molecular formula is C26H32N4O4. The smallest absolute Gasteiger partial charge is 0.308 e. The topological polar surface area (TPSA) is 109 Å². The van der Waals surface area contributed by atoms with E-state index in [1.54, 1.807) is 31.8 Å². The van der Waals surface area contributed by atoms with E-state index in [0.717, 1.165) is 54.6 Å². The van der Waals surface area contributed by atoms with E-state index >= 15 is 0 Å². The average Bonchev–Trinajstić information content (AvgIpc) is 2.87. The van der Waals surface area contributed by atoms with Gasteiger partial charge in [0.15, 0.2) is 0 Å². The highest BCUT2D eigenvalue weighted by atomic mass is 16.5. The molecule has 0 aliphatic carbocycles. The second-order valence-corrected chi connectivity index (χ2v) is 8.94. The maximum atomic E-state index is 12.0. The first-order valence-electron chi connectivity index (χ1n) is 11.9. The Balaban J connectivity index is 1.34. The Morgan fingerprint density at radius 2 is 2.03 bits per heavy atom. The van der Waals surface area contributed by atoms with Gasteiger partial charge in [0.1, 0.15) is 11.6 Å². The summed E-state index contributed by atoms with van der Waals surface area (Å²) < 4.78 is 5.33. The van der Waals surface area contributed by atoms with E-state index in [0.29, 0.717) is 25.1 Å². The highest BCUT2D eigenvalue weighted by Crippen LogP contribution is 2.33. The second kappa shape index (κ2) is 11.4. The maximum absolute atomic E-state index is 12.0. The summed E-state index contributed by atoms with van der Waals surface area (Å²) in [6.07, 6.45) is 8.18. The van der Waals surface area contributed by atoms with E-state index in [-0.39, 0.29) is 5.92 Å². The van der Waals surface area contributed by atoms with E-state index in [1.165, 1.54) is 0 Å². The molecule has 1 unspecified atom stereocenters. The highest BCUT2D eigenvalue weighted by molar-refractivity contribution is 5.83. The maximum Gasteiger partial charge on any atom is 0.308 e. The zero-order valence-electron chi connectivity index (χ0n) is 19.5.